The highest BCUT2D eigenvalue weighted by molar-refractivity contribution is 6.10. The van der Waals surface area contributed by atoms with Crippen molar-refractivity contribution in [2.24, 2.45) is 0 Å². The minimum atomic E-state index is -1.09. The molecule has 3 aromatic rings. The quantitative estimate of drug-likeness (QED) is 0.687. The molecule has 0 saturated carbocycles. The largest absolute Gasteiger partial charge is 0.383 e. The predicted molar refractivity (Wildman–Crippen MR) is 103 cm³/mol. The van der Waals surface area contributed by atoms with E-state index in [1.54, 1.807) is 6.20 Å². The molecule has 0 bridgehead atoms. The van der Waals surface area contributed by atoms with Gasteiger partial charge in [-0.05, 0) is 37.6 Å². The molecule has 1 saturated heterocycles. The van der Waals surface area contributed by atoms with Crippen LogP contribution in [0.2, 0.25) is 0 Å². The number of aromatic amines is 1. The molecule has 2 heterocycles. The molecule has 4 nitrogen and oxygen atoms in total. The van der Waals surface area contributed by atoms with E-state index in [9.17, 15) is 9.90 Å². The number of benzene rings is 2. The van der Waals surface area contributed by atoms with Gasteiger partial charge in [-0.1, -0.05) is 55.0 Å². The topological polar surface area (TPSA) is 56.3 Å². The van der Waals surface area contributed by atoms with Gasteiger partial charge in [0, 0.05) is 22.7 Å². The minimum Gasteiger partial charge on any atom is -0.383 e. The smallest absolute Gasteiger partial charge is 0.195 e. The SMILES string of the molecule is O=C(c1c[nH]c2ccccc12)[C@@H](O)[C@H](c1ccccc1)N1CCCCC1. The second kappa shape index (κ2) is 7.44. The third-order valence-electron chi connectivity index (χ3n) is 5.35. The van der Waals surface area contributed by atoms with E-state index in [-0.39, 0.29) is 11.8 Å². The van der Waals surface area contributed by atoms with Gasteiger partial charge in [0.15, 0.2) is 5.78 Å². The van der Waals surface area contributed by atoms with Crippen LogP contribution in [0.1, 0.15) is 41.2 Å². The summed E-state index contributed by atoms with van der Waals surface area (Å²) in [6.45, 7) is 1.83. The molecule has 0 amide bonds. The molecule has 0 spiro atoms. The van der Waals surface area contributed by atoms with Gasteiger partial charge in [-0.25, -0.2) is 0 Å². The number of Topliss-reactive ketones (excluding diaryl/α,β-unsaturated/α-hetero) is 1. The lowest BCUT2D eigenvalue weighted by Gasteiger charge is -2.37. The maximum atomic E-state index is 13.2. The number of nitrogens with one attached hydrogen (secondary N) is 1. The number of carbonyl (C=O) groups is 1. The number of hydrogen-bond acceptors (Lipinski definition) is 3. The number of nitrogens with zero attached hydrogens (tertiary/aromatic N) is 1. The molecule has 0 unspecified atom stereocenters. The van der Waals surface area contributed by atoms with E-state index in [4.69, 9.17) is 0 Å². The van der Waals surface area contributed by atoms with Crippen LogP contribution in [0.4, 0.5) is 0 Å². The van der Waals surface area contributed by atoms with Crippen molar-refractivity contribution in [2.75, 3.05) is 13.1 Å². The van der Waals surface area contributed by atoms with Gasteiger partial charge in [-0.15, -0.1) is 0 Å². The van der Waals surface area contributed by atoms with E-state index in [0.717, 1.165) is 42.4 Å². The average Bonchev–Trinajstić information content (AvgIpc) is 3.13. The lowest BCUT2D eigenvalue weighted by Crippen LogP contribution is -2.43. The molecule has 1 aliphatic heterocycles. The van der Waals surface area contributed by atoms with Gasteiger partial charge in [0.1, 0.15) is 6.10 Å². The van der Waals surface area contributed by atoms with Crippen molar-refractivity contribution in [3.05, 3.63) is 71.9 Å². The number of aromatic nitrogens is 1. The third kappa shape index (κ3) is 3.18. The number of hydrogen-bond donors (Lipinski definition) is 2. The number of aliphatic hydroxyl groups excluding tert-OH is 1. The number of para-hydroxylation sites is 1. The Morgan fingerprint density at radius 3 is 2.42 bits per heavy atom. The van der Waals surface area contributed by atoms with Crippen LogP contribution in [0, 0.1) is 0 Å². The summed E-state index contributed by atoms with van der Waals surface area (Å²) in [7, 11) is 0. The van der Waals surface area contributed by atoms with Crippen LogP contribution >= 0.6 is 0 Å². The number of H-pyrrole nitrogens is 1. The molecule has 0 radical (unpaired) electrons. The van der Waals surface area contributed by atoms with Crippen molar-refractivity contribution in [1.82, 2.24) is 9.88 Å². The Morgan fingerprint density at radius 2 is 1.65 bits per heavy atom. The lowest BCUT2D eigenvalue weighted by molar-refractivity contribution is 0.0324. The first-order valence-corrected chi connectivity index (χ1v) is 9.33. The molecule has 134 valence electrons. The maximum Gasteiger partial charge on any atom is 0.195 e. The number of aliphatic hydroxyl groups is 1. The number of piperidine rings is 1. The number of rotatable bonds is 5. The van der Waals surface area contributed by atoms with Crippen LogP contribution in [0.5, 0.6) is 0 Å². The Hall–Kier alpha value is -2.43. The van der Waals surface area contributed by atoms with Crippen molar-refractivity contribution in [3.8, 4) is 0 Å². The van der Waals surface area contributed by atoms with Gasteiger partial charge in [0.25, 0.3) is 0 Å². The average molecular weight is 348 g/mol. The highest BCUT2D eigenvalue weighted by Crippen LogP contribution is 2.30. The first-order chi connectivity index (χ1) is 12.8. The lowest BCUT2D eigenvalue weighted by atomic mass is 9.92. The fourth-order valence-corrected chi connectivity index (χ4v) is 4.02. The van der Waals surface area contributed by atoms with Gasteiger partial charge in [0.2, 0.25) is 0 Å². The van der Waals surface area contributed by atoms with Gasteiger partial charge in [-0.3, -0.25) is 9.69 Å². The Balaban J connectivity index is 1.69. The van der Waals surface area contributed by atoms with Crippen molar-refractivity contribution in [3.63, 3.8) is 0 Å². The highest BCUT2D eigenvalue weighted by atomic mass is 16.3. The minimum absolute atomic E-state index is 0.220. The predicted octanol–water partition coefficient (Wildman–Crippen LogP) is 3.94. The van der Waals surface area contributed by atoms with Gasteiger partial charge in [-0.2, -0.15) is 0 Å². The van der Waals surface area contributed by atoms with Crippen molar-refractivity contribution in [2.45, 2.75) is 31.4 Å². The Labute approximate surface area is 153 Å². The number of ketones is 1. The number of carbonyl (C=O) groups excluding carboxylic acids is 1. The second-order valence-electron chi connectivity index (χ2n) is 7.01. The fourth-order valence-electron chi connectivity index (χ4n) is 4.02. The normalized spacial score (nSPS) is 17.9. The Morgan fingerprint density at radius 1 is 0.962 bits per heavy atom. The summed E-state index contributed by atoms with van der Waals surface area (Å²) in [6.07, 6.45) is 4.06. The highest BCUT2D eigenvalue weighted by Gasteiger charge is 2.34. The van der Waals surface area contributed by atoms with E-state index >= 15 is 0 Å². The second-order valence-corrected chi connectivity index (χ2v) is 7.01. The first kappa shape index (κ1) is 17.0. The van der Waals surface area contributed by atoms with Crippen LogP contribution in [0.15, 0.2) is 60.8 Å². The van der Waals surface area contributed by atoms with Gasteiger partial charge >= 0.3 is 0 Å². The van der Waals surface area contributed by atoms with E-state index < -0.39 is 6.10 Å². The van der Waals surface area contributed by atoms with Crippen molar-refractivity contribution >= 4 is 16.7 Å². The Bertz CT molecular complexity index is 881. The van der Waals surface area contributed by atoms with E-state index in [0.29, 0.717) is 5.56 Å². The van der Waals surface area contributed by atoms with Crippen molar-refractivity contribution < 1.29 is 9.90 Å². The molecular formula is C22H24N2O2. The van der Waals surface area contributed by atoms with E-state index in [1.807, 2.05) is 54.6 Å². The molecule has 2 aromatic carbocycles. The summed E-state index contributed by atoms with van der Waals surface area (Å²) in [4.78, 5) is 18.6. The van der Waals surface area contributed by atoms with Crippen molar-refractivity contribution in [1.29, 1.82) is 0 Å². The van der Waals surface area contributed by atoms with Crippen LogP contribution in [0.25, 0.3) is 10.9 Å². The summed E-state index contributed by atoms with van der Waals surface area (Å²) in [6, 6.07) is 17.3. The molecule has 4 rings (SSSR count). The summed E-state index contributed by atoms with van der Waals surface area (Å²) < 4.78 is 0. The number of fused-ring (bicyclic) bond motifs is 1. The summed E-state index contributed by atoms with van der Waals surface area (Å²) in [5.74, 6) is -0.220. The standard InChI is InChI=1S/C22H24N2O2/c25-21(18-15-23-19-12-6-5-11-17(18)19)22(26)20(16-9-3-1-4-10-16)24-13-7-2-8-14-24/h1,3-6,9-12,15,20,22-23,26H,2,7-8,13-14H2/t20-,22-/m0/s1. The molecule has 2 N–H and O–H groups in total. The van der Waals surface area contributed by atoms with E-state index in [1.165, 1.54) is 6.42 Å². The maximum absolute atomic E-state index is 13.2. The van der Waals surface area contributed by atoms with E-state index in [2.05, 4.69) is 9.88 Å². The van der Waals surface area contributed by atoms with Crippen LogP contribution in [-0.4, -0.2) is 40.0 Å². The first-order valence-electron chi connectivity index (χ1n) is 9.33. The molecule has 2 atom stereocenters. The molecular weight excluding hydrogens is 324 g/mol. The molecule has 1 fully saturated rings. The van der Waals surface area contributed by atoms with Crippen LogP contribution in [-0.2, 0) is 0 Å². The third-order valence-corrected chi connectivity index (χ3v) is 5.35. The zero-order valence-corrected chi connectivity index (χ0v) is 14.8. The molecule has 0 aliphatic carbocycles. The molecule has 1 aromatic heterocycles. The fraction of sp³-hybridized carbons (Fsp3) is 0.318. The monoisotopic (exact) mass is 348 g/mol. The number of likely N-dealkylation sites (tertiary alicyclic amines) is 1. The molecule has 1 aliphatic rings. The zero-order chi connectivity index (χ0) is 17.9. The molecule has 26 heavy (non-hydrogen) atoms. The molecule has 4 heteroatoms. The summed E-state index contributed by atoms with van der Waals surface area (Å²) in [5.41, 5.74) is 2.47. The van der Waals surface area contributed by atoms with Gasteiger partial charge < -0.3 is 10.1 Å². The Kier molecular flexibility index (Phi) is 4.87. The van der Waals surface area contributed by atoms with Crippen LogP contribution < -0.4 is 0 Å². The zero-order valence-electron chi connectivity index (χ0n) is 14.8. The summed E-state index contributed by atoms with van der Waals surface area (Å²) in [5, 5.41) is 12.0. The summed E-state index contributed by atoms with van der Waals surface area (Å²) >= 11 is 0. The van der Waals surface area contributed by atoms with Crippen LogP contribution in [0.3, 0.4) is 0 Å². The van der Waals surface area contributed by atoms with Gasteiger partial charge in [0.05, 0.1) is 6.04 Å².